The normalized spacial score (nSPS) is 16.0. The molecule has 1 fully saturated rings. The first-order chi connectivity index (χ1) is 10.5. The summed E-state index contributed by atoms with van der Waals surface area (Å²) in [4.78, 5) is 2.58. The third-order valence-electron chi connectivity index (χ3n) is 4.66. The second-order valence-corrected chi connectivity index (χ2v) is 7.26. The van der Waals surface area contributed by atoms with Gasteiger partial charge in [-0.25, -0.2) is 0 Å². The van der Waals surface area contributed by atoms with E-state index in [-0.39, 0.29) is 0 Å². The third-order valence-corrected chi connectivity index (χ3v) is 4.66. The van der Waals surface area contributed by atoms with Crippen molar-refractivity contribution >= 4 is 5.69 Å². The molecule has 0 aliphatic carbocycles. The summed E-state index contributed by atoms with van der Waals surface area (Å²) >= 11 is 0. The van der Waals surface area contributed by atoms with Crippen molar-refractivity contribution in [2.75, 3.05) is 18.0 Å². The molecule has 0 spiro atoms. The highest BCUT2D eigenvalue weighted by Gasteiger charge is 2.20. The van der Waals surface area contributed by atoms with Crippen LogP contribution in [0.25, 0.3) is 0 Å². The molecule has 0 bridgehead atoms. The number of hydrogen-bond donors (Lipinski definition) is 0. The van der Waals surface area contributed by atoms with Gasteiger partial charge in [0.25, 0.3) is 0 Å². The van der Waals surface area contributed by atoms with Crippen molar-refractivity contribution in [1.29, 1.82) is 0 Å². The SMILES string of the molecule is CC.Cc1cc(N2CCC(CC(C)C)CC2)ccc1C(C)C. The standard InChI is InChI=1S/C19H31N.C2H6/c1-14(2)12-17-8-10-20(11-9-17)18-6-7-19(15(3)4)16(5)13-18;1-2/h6-7,13-15,17H,8-12H2,1-5H3;1-2H3. The summed E-state index contributed by atoms with van der Waals surface area (Å²) in [5, 5.41) is 0. The summed E-state index contributed by atoms with van der Waals surface area (Å²) in [6, 6.07) is 7.04. The van der Waals surface area contributed by atoms with Crippen LogP contribution < -0.4 is 4.90 Å². The van der Waals surface area contributed by atoms with Gasteiger partial charge < -0.3 is 4.90 Å². The minimum Gasteiger partial charge on any atom is -0.372 e. The lowest BCUT2D eigenvalue weighted by molar-refractivity contribution is 0.338. The van der Waals surface area contributed by atoms with E-state index in [1.165, 1.54) is 49.2 Å². The van der Waals surface area contributed by atoms with E-state index >= 15 is 0 Å². The lowest BCUT2D eigenvalue weighted by atomic mass is 9.88. The van der Waals surface area contributed by atoms with Gasteiger partial charge in [-0.1, -0.05) is 47.6 Å². The van der Waals surface area contributed by atoms with Gasteiger partial charge in [-0.15, -0.1) is 0 Å². The number of benzene rings is 1. The van der Waals surface area contributed by atoms with Crippen LogP contribution in [-0.2, 0) is 0 Å². The number of aryl methyl sites for hydroxylation is 1. The van der Waals surface area contributed by atoms with E-state index in [0.717, 1.165) is 11.8 Å². The Balaban J connectivity index is 0.00000116. The van der Waals surface area contributed by atoms with Gasteiger partial charge in [-0.2, -0.15) is 0 Å². The number of piperidine rings is 1. The molecule has 2 rings (SSSR count). The van der Waals surface area contributed by atoms with Gasteiger partial charge in [0, 0.05) is 18.8 Å². The summed E-state index contributed by atoms with van der Waals surface area (Å²) in [6.07, 6.45) is 4.13. The second-order valence-electron chi connectivity index (χ2n) is 7.26. The van der Waals surface area contributed by atoms with Crippen LogP contribution in [0.4, 0.5) is 5.69 Å². The monoisotopic (exact) mass is 303 g/mol. The molecule has 0 unspecified atom stereocenters. The first-order valence-corrected chi connectivity index (χ1v) is 9.33. The Labute approximate surface area is 139 Å². The van der Waals surface area contributed by atoms with Gasteiger partial charge >= 0.3 is 0 Å². The highest BCUT2D eigenvalue weighted by Crippen LogP contribution is 2.29. The van der Waals surface area contributed by atoms with Crippen molar-refractivity contribution < 1.29 is 0 Å². The Kier molecular flexibility index (Phi) is 8.00. The van der Waals surface area contributed by atoms with E-state index in [1.807, 2.05) is 13.8 Å². The van der Waals surface area contributed by atoms with E-state index in [2.05, 4.69) is 57.7 Å². The lowest BCUT2D eigenvalue weighted by Gasteiger charge is -2.34. The van der Waals surface area contributed by atoms with Gasteiger partial charge in [-0.05, 0) is 67.2 Å². The van der Waals surface area contributed by atoms with Gasteiger partial charge in [-0.3, -0.25) is 0 Å². The van der Waals surface area contributed by atoms with E-state index in [1.54, 1.807) is 0 Å². The Morgan fingerprint density at radius 2 is 1.64 bits per heavy atom. The molecule has 22 heavy (non-hydrogen) atoms. The quantitative estimate of drug-likeness (QED) is 0.621. The topological polar surface area (TPSA) is 3.24 Å². The van der Waals surface area contributed by atoms with Crippen molar-refractivity contribution in [2.24, 2.45) is 11.8 Å². The first kappa shape index (κ1) is 19.1. The average Bonchev–Trinajstić information content (AvgIpc) is 2.49. The molecule has 1 heteroatoms. The zero-order valence-electron chi connectivity index (χ0n) is 15.9. The summed E-state index contributed by atoms with van der Waals surface area (Å²) in [6.45, 7) is 18.0. The van der Waals surface area contributed by atoms with Crippen LogP contribution in [-0.4, -0.2) is 13.1 Å². The average molecular weight is 304 g/mol. The fourth-order valence-corrected chi connectivity index (χ4v) is 3.60. The number of hydrogen-bond acceptors (Lipinski definition) is 1. The molecule has 1 aromatic rings. The molecular weight excluding hydrogens is 266 g/mol. The summed E-state index contributed by atoms with van der Waals surface area (Å²) < 4.78 is 0. The molecule has 1 aliphatic rings. The third kappa shape index (κ3) is 5.34. The summed E-state index contributed by atoms with van der Waals surface area (Å²) in [7, 11) is 0. The summed E-state index contributed by atoms with van der Waals surface area (Å²) in [5.41, 5.74) is 4.36. The van der Waals surface area contributed by atoms with Crippen LogP contribution in [0, 0.1) is 18.8 Å². The van der Waals surface area contributed by atoms with Crippen LogP contribution in [0.1, 0.15) is 77.8 Å². The minimum atomic E-state index is 0.626. The van der Waals surface area contributed by atoms with E-state index in [4.69, 9.17) is 0 Å². The van der Waals surface area contributed by atoms with Crippen LogP contribution in [0.15, 0.2) is 18.2 Å². The zero-order chi connectivity index (χ0) is 16.7. The fourth-order valence-electron chi connectivity index (χ4n) is 3.60. The largest absolute Gasteiger partial charge is 0.372 e. The van der Waals surface area contributed by atoms with Crippen molar-refractivity contribution in [3.05, 3.63) is 29.3 Å². The van der Waals surface area contributed by atoms with Crippen LogP contribution in [0.2, 0.25) is 0 Å². The number of anilines is 1. The Morgan fingerprint density at radius 3 is 2.09 bits per heavy atom. The van der Waals surface area contributed by atoms with E-state index < -0.39 is 0 Å². The van der Waals surface area contributed by atoms with Crippen molar-refractivity contribution in [3.8, 4) is 0 Å². The molecule has 0 aromatic heterocycles. The molecule has 0 saturated carbocycles. The molecule has 1 saturated heterocycles. The predicted molar refractivity (Wildman–Crippen MR) is 101 cm³/mol. The zero-order valence-corrected chi connectivity index (χ0v) is 15.9. The maximum atomic E-state index is 2.58. The highest BCUT2D eigenvalue weighted by atomic mass is 15.1. The van der Waals surface area contributed by atoms with E-state index in [9.17, 15) is 0 Å². The van der Waals surface area contributed by atoms with Crippen LogP contribution >= 0.6 is 0 Å². The maximum Gasteiger partial charge on any atom is 0.0369 e. The minimum absolute atomic E-state index is 0.626. The molecule has 1 nitrogen and oxygen atoms in total. The second kappa shape index (κ2) is 9.22. The van der Waals surface area contributed by atoms with Gasteiger partial charge in [0.1, 0.15) is 0 Å². The van der Waals surface area contributed by atoms with Crippen molar-refractivity contribution in [2.45, 2.75) is 73.6 Å². The van der Waals surface area contributed by atoms with Crippen molar-refractivity contribution in [3.63, 3.8) is 0 Å². The molecule has 0 radical (unpaired) electrons. The number of nitrogens with zero attached hydrogens (tertiary/aromatic N) is 1. The predicted octanol–water partition coefficient (Wildman–Crippen LogP) is 6.41. The molecule has 0 amide bonds. The molecule has 1 heterocycles. The molecule has 0 atom stereocenters. The number of rotatable bonds is 4. The maximum absolute atomic E-state index is 2.58. The molecule has 1 aliphatic heterocycles. The smallest absolute Gasteiger partial charge is 0.0369 e. The van der Waals surface area contributed by atoms with Crippen molar-refractivity contribution in [1.82, 2.24) is 0 Å². The fraction of sp³-hybridized carbons (Fsp3) is 0.714. The van der Waals surface area contributed by atoms with Crippen LogP contribution in [0.3, 0.4) is 0 Å². The Hall–Kier alpha value is -0.980. The first-order valence-electron chi connectivity index (χ1n) is 9.33. The summed E-state index contributed by atoms with van der Waals surface area (Å²) in [5.74, 6) is 2.42. The van der Waals surface area contributed by atoms with Gasteiger partial charge in [0.2, 0.25) is 0 Å². The van der Waals surface area contributed by atoms with Crippen LogP contribution in [0.5, 0.6) is 0 Å². The Morgan fingerprint density at radius 1 is 1.05 bits per heavy atom. The molecule has 126 valence electrons. The molecule has 1 aromatic carbocycles. The van der Waals surface area contributed by atoms with E-state index in [0.29, 0.717) is 5.92 Å². The van der Waals surface area contributed by atoms with Gasteiger partial charge in [0.05, 0.1) is 0 Å². The molecule has 0 N–H and O–H groups in total. The van der Waals surface area contributed by atoms with Gasteiger partial charge in [0.15, 0.2) is 0 Å². The Bertz CT molecular complexity index is 426. The lowest BCUT2D eigenvalue weighted by Crippen LogP contribution is -2.34. The molecular formula is C21H37N. The highest BCUT2D eigenvalue weighted by molar-refractivity contribution is 5.51.